The molecule has 0 spiro atoms. The Kier molecular flexibility index (Phi) is 4.92. The second kappa shape index (κ2) is 6.69. The number of aromatic carboxylic acids is 1. The minimum absolute atomic E-state index is 0.0172. The van der Waals surface area contributed by atoms with Gasteiger partial charge in [0.2, 0.25) is 0 Å². The smallest absolute Gasteiger partial charge is 0.0990 e. The maximum absolute atomic E-state index is 12.3. The number of carboxylic acids is 1. The summed E-state index contributed by atoms with van der Waals surface area (Å²) in [6, 6.07) is 10.8. The minimum atomic E-state index is -1.44. The molecule has 0 fully saturated rings. The minimum Gasteiger partial charge on any atom is -0.545 e. The summed E-state index contributed by atoms with van der Waals surface area (Å²) in [6.07, 6.45) is 0. The highest BCUT2D eigenvalue weighted by molar-refractivity contribution is 7.84. The van der Waals surface area contributed by atoms with Crippen molar-refractivity contribution in [3.8, 4) is 0 Å². The average molecular weight is 320 g/mol. The third-order valence-corrected chi connectivity index (χ3v) is 4.48. The van der Waals surface area contributed by atoms with Crippen molar-refractivity contribution in [3.63, 3.8) is 0 Å². The van der Waals surface area contributed by atoms with Crippen LogP contribution in [0.2, 0.25) is 0 Å². The van der Waals surface area contributed by atoms with Crippen molar-refractivity contribution in [1.82, 2.24) is 0 Å². The van der Waals surface area contributed by atoms with Gasteiger partial charge in [-0.25, -0.2) is 0 Å². The number of nitrogens with zero attached hydrogens (tertiary/aromatic N) is 1. The van der Waals surface area contributed by atoms with E-state index < -0.39 is 16.8 Å². The highest BCUT2D eigenvalue weighted by Crippen LogP contribution is 2.23. The fraction of sp³-hybridized carbons (Fsp3) is 0.133. The number of hydrogen-bond acceptors (Lipinski definition) is 6. The molecule has 2 aromatic rings. The molecule has 22 heavy (non-hydrogen) atoms. The topological polar surface area (TPSA) is 101 Å². The lowest BCUT2D eigenvalue weighted by Gasteiger charge is -2.15. The van der Waals surface area contributed by atoms with Crippen molar-refractivity contribution >= 4 is 22.5 Å². The molecule has 0 saturated carbocycles. The summed E-state index contributed by atoms with van der Waals surface area (Å²) in [5.41, 5.74) is 1.03. The molecule has 2 aromatic carbocycles. The molecule has 0 bridgehead atoms. The Balaban J connectivity index is 2.30. The summed E-state index contributed by atoms with van der Waals surface area (Å²) >= 11 is 0. The van der Waals surface area contributed by atoms with Crippen LogP contribution in [0.25, 0.3) is 0 Å². The van der Waals surface area contributed by atoms with Gasteiger partial charge in [0.05, 0.1) is 28.2 Å². The van der Waals surface area contributed by atoms with Gasteiger partial charge in [0, 0.05) is 4.90 Å². The third-order valence-electron chi connectivity index (χ3n) is 3.11. The molecule has 2 N–H and O–H groups in total. The van der Waals surface area contributed by atoms with E-state index in [0.29, 0.717) is 10.5 Å². The molecule has 1 atom stereocenters. The fourth-order valence-electron chi connectivity index (χ4n) is 1.91. The molecule has 116 valence electrons. The van der Waals surface area contributed by atoms with E-state index in [9.17, 15) is 24.5 Å². The number of rotatable bonds is 5. The van der Waals surface area contributed by atoms with Crippen molar-refractivity contribution in [2.45, 2.75) is 17.6 Å². The molecular weight excluding hydrogens is 306 g/mol. The lowest BCUT2D eigenvalue weighted by molar-refractivity contribution is -0.255. The molecule has 6 nitrogen and oxygen atoms in total. The summed E-state index contributed by atoms with van der Waals surface area (Å²) in [7, 11) is -1.40. The van der Waals surface area contributed by atoms with E-state index in [0.717, 1.165) is 11.6 Å². The Morgan fingerprint density at radius 2 is 1.82 bits per heavy atom. The predicted molar refractivity (Wildman–Crippen MR) is 78.1 cm³/mol. The molecule has 0 aliphatic carbocycles. The van der Waals surface area contributed by atoms with E-state index in [1.807, 2.05) is 19.1 Å². The molecule has 7 heteroatoms. The lowest BCUT2D eigenvalue weighted by Crippen LogP contribution is -2.23. The van der Waals surface area contributed by atoms with Crippen molar-refractivity contribution in [3.05, 3.63) is 59.2 Å². The normalized spacial score (nSPS) is 12.0. The first-order valence-corrected chi connectivity index (χ1v) is 7.67. The van der Waals surface area contributed by atoms with Gasteiger partial charge in [-0.05, 0) is 36.2 Å². The fourth-order valence-corrected chi connectivity index (χ4v) is 3.05. The zero-order valence-electron chi connectivity index (χ0n) is 11.7. The van der Waals surface area contributed by atoms with Gasteiger partial charge in [0.15, 0.2) is 0 Å². The molecule has 0 heterocycles. The number of hydrogen-bond donors (Lipinski definition) is 2. The van der Waals surface area contributed by atoms with Crippen molar-refractivity contribution in [2.75, 3.05) is 5.23 Å². The van der Waals surface area contributed by atoms with Crippen LogP contribution in [0.1, 0.15) is 21.5 Å². The van der Waals surface area contributed by atoms with Crippen molar-refractivity contribution in [2.24, 2.45) is 0 Å². The number of carboxylic acid groups (broad SMARTS) is 1. The van der Waals surface area contributed by atoms with E-state index in [2.05, 4.69) is 0 Å². The Morgan fingerprint density at radius 1 is 1.18 bits per heavy atom. The summed E-state index contributed by atoms with van der Waals surface area (Å²) in [6.45, 7) is 1.92. The van der Waals surface area contributed by atoms with Gasteiger partial charge in [0.25, 0.3) is 0 Å². The van der Waals surface area contributed by atoms with Gasteiger partial charge in [-0.1, -0.05) is 29.8 Å². The maximum Gasteiger partial charge on any atom is 0.0990 e. The SMILES string of the molecule is Cc1ccc(S(=O)Cc2ccc(C(=O)[O-])cc2N(O)O)cc1. The molecule has 0 aromatic heterocycles. The Bertz CT molecular complexity index is 712. The van der Waals surface area contributed by atoms with Crippen molar-refractivity contribution in [1.29, 1.82) is 0 Å². The van der Waals surface area contributed by atoms with Crippen LogP contribution in [0.15, 0.2) is 47.4 Å². The molecule has 0 radical (unpaired) electrons. The average Bonchev–Trinajstić information content (AvgIpc) is 2.47. The highest BCUT2D eigenvalue weighted by Gasteiger charge is 2.13. The van der Waals surface area contributed by atoms with Crippen molar-refractivity contribution < 1.29 is 24.5 Å². The first-order valence-electron chi connectivity index (χ1n) is 6.35. The number of anilines is 1. The van der Waals surface area contributed by atoms with E-state index in [1.165, 1.54) is 12.1 Å². The zero-order chi connectivity index (χ0) is 16.3. The largest absolute Gasteiger partial charge is 0.545 e. The van der Waals surface area contributed by atoms with Gasteiger partial charge < -0.3 is 9.90 Å². The maximum atomic E-state index is 12.3. The molecule has 1 unspecified atom stereocenters. The second-order valence-corrected chi connectivity index (χ2v) is 6.17. The molecule has 0 amide bonds. The van der Waals surface area contributed by atoms with E-state index in [-0.39, 0.29) is 22.2 Å². The van der Waals surface area contributed by atoms with Gasteiger partial charge in [-0.2, -0.15) is 0 Å². The molecule has 0 aliphatic rings. The van der Waals surface area contributed by atoms with E-state index in [4.69, 9.17) is 0 Å². The monoisotopic (exact) mass is 320 g/mol. The number of benzene rings is 2. The van der Waals surface area contributed by atoms with Crippen LogP contribution < -0.4 is 10.3 Å². The molecular formula is C15H14NO5S-. The predicted octanol–water partition coefficient (Wildman–Crippen LogP) is 1.25. The van der Waals surface area contributed by atoms with Crippen LogP contribution >= 0.6 is 0 Å². The molecule has 0 aliphatic heterocycles. The van der Waals surface area contributed by atoms with Gasteiger partial charge in [0.1, 0.15) is 0 Å². The van der Waals surface area contributed by atoms with Crippen LogP contribution in [0, 0.1) is 6.92 Å². The van der Waals surface area contributed by atoms with Gasteiger partial charge in [-0.3, -0.25) is 14.6 Å². The third kappa shape index (κ3) is 3.70. The van der Waals surface area contributed by atoms with Gasteiger partial charge in [-0.15, -0.1) is 5.23 Å². The molecule has 0 saturated heterocycles. The summed E-state index contributed by atoms with van der Waals surface area (Å²) < 4.78 is 12.3. The Hall–Kier alpha value is -2.22. The first kappa shape index (κ1) is 16.2. The summed E-state index contributed by atoms with van der Waals surface area (Å²) in [5, 5.41) is 29.0. The number of aryl methyl sites for hydroxylation is 1. The summed E-state index contributed by atoms with van der Waals surface area (Å²) in [4.78, 5) is 11.4. The highest BCUT2D eigenvalue weighted by atomic mass is 32.2. The van der Waals surface area contributed by atoms with Crippen LogP contribution in [-0.2, 0) is 16.6 Å². The standard InChI is InChI=1S/C15H15NO5S/c1-10-2-6-13(7-3-10)22(21)9-12-5-4-11(15(17)18)8-14(12)16(19)20/h2-8,19-20H,9H2,1H3,(H,17,18)/p-1. The van der Waals surface area contributed by atoms with Crippen LogP contribution in [0.3, 0.4) is 0 Å². The van der Waals surface area contributed by atoms with Crippen LogP contribution in [0.5, 0.6) is 0 Å². The van der Waals surface area contributed by atoms with Crippen LogP contribution in [0.4, 0.5) is 5.69 Å². The van der Waals surface area contributed by atoms with Crippen LogP contribution in [-0.4, -0.2) is 20.6 Å². The lowest BCUT2D eigenvalue weighted by atomic mass is 10.1. The Morgan fingerprint density at radius 3 is 2.36 bits per heavy atom. The zero-order valence-corrected chi connectivity index (χ0v) is 12.5. The second-order valence-electron chi connectivity index (χ2n) is 4.72. The van der Waals surface area contributed by atoms with Gasteiger partial charge >= 0.3 is 0 Å². The summed E-state index contributed by atoms with van der Waals surface area (Å²) in [5.74, 6) is -1.42. The quantitative estimate of drug-likeness (QED) is 0.804. The van der Waals surface area contributed by atoms with E-state index >= 15 is 0 Å². The number of carbonyl (C=O) groups is 1. The number of carbonyl (C=O) groups excluding carboxylic acids is 1. The molecule has 2 rings (SSSR count). The van der Waals surface area contributed by atoms with E-state index in [1.54, 1.807) is 12.1 Å². The first-order chi connectivity index (χ1) is 10.4. The Labute approximate surface area is 129 Å².